The van der Waals surface area contributed by atoms with Crippen LogP contribution in [0.25, 0.3) is 0 Å². The highest BCUT2D eigenvalue weighted by atomic mass is 32.2. The first-order chi connectivity index (χ1) is 8.85. The molecule has 8 heteroatoms. The molecule has 0 saturated carbocycles. The first-order valence-electron chi connectivity index (χ1n) is 5.78. The van der Waals surface area contributed by atoms with Crippen LogP contribution in [0.1, 0.15) is 5.56 Å². The van der Waals surface area contributed by atoms with Crippen LogP contribution >= 0.6 is 0 Å². The Balaban J connectivity index is 2.53. The third-order valence-corrected chi connectivity index (χ3v) is 5.40. The summed E-state index contributed by atoms with van der Waals surface area (Å²) in [6, 6.07) is 4.11. The highest BCUT2D eigenvalue weighted by Crippen LogP contribution is 2.30. The number of nitro groups is 1. The quantitative estimate of drug-likeness (QED) is 0.642. The monoisotopic (exact) mass is 285 g/mol. The van der Waals surface area contributed by atoms with Crippen LogP contribution in [0.5, 0.6) is 0 Å². The first kappa shape index (κ1) is 13.9. The highest BCUT2D eigenvalue weighted by molar-refractivity contribution is 7.89. The third-order valence-electron chi connectivity index (χ3n) is 3.30. The number of nitrogens with zero attached hydrogens (tertiary/aromatic N) is 2. The fourth-order valence-corrected chi connectivity index (χ4v) is 3.70. The Morgan fingerprint density at radius 3 is 2.53 bits per heavy atom. The molecule has 0 spiro atoms. The van der Waals surface area contributed by atoms with Gasteiger partial charge in [0.15, 0.2) is 4.90 Å². The van der Waals surface area contributed by atoms with Crippen molar-refractivity contribution in [2.75, 3.05) is 20.1 Å². The van der Waals surface area contributed by atoms with Gasteiger partial charge in [0.25, 0.3) is 5.69 Å². The summed E-state index contributed by atoms with van der Waals surface area (Å²) in [7, 11) is -2.40. The lowest BCUT2D eigenvalue weighted by molar-refractivity contribution is -0.387. The van der Waals surface area contributed by atoms with Gasteiger partial charge in [-0.15, -0.1) is 0 Å². The van der Waals surface area contributed by atoms with Gasteiger partial charge in [-0.25, -0.2) is 8.42 Å². The minimum Gasteiger partial charge on any atom is -0.313 e. The van der Waals surface area contributed by atoms with E-state index in [0.29, 0.717) is 18.7 Å². The summed E-state index contributed by atoms with van der Waals surface area (Å²) >= 11 is 0. The number of benzene rings is 1. The summed E-state index contributed by atoms with van der Waals surface area (Å²) in [6.07, 6.45) is 0. The smallest absolute Gasteiger partial charge is 0.289 e. The van der Waals surface area contributed by atoms with Crippen molar-refractivity contribution in [3.05, 3.63) is 33.9 Å². The average Bonchev–Trinajstić information content (AvgIpc) is 2.25. The number of sulfonamides is 1. The fourth-order valence-electron chi connectivity index (χ4n) is 1.99. The minimum atomic E-state index is -3.85. The van der Waals surface area contributed by atoms with Gasteiger partial charge in [0.05, 0.1) is 4.92 Å². The number of rotatable bonds is 4. The molecule has 1 N–H and O–H groups in total. The van der Waals surface area contributed by atoms with Crippen molar-refractivity contribution < 1.29 is 13.3 Å². The van der Waals surface area contributed by atoms with Gasteiger partial charge >= 0.3 is 0 Å². The second-order valence-corrected chi connectivity index (χ2v) is 6.45. The van der Waals surface area contributed by atoms with Crippen molar-refractivity contribution in [3.63, 3.8) is 0 Å². The van der Waals surface area contributed by atoms with Crippen LogP contribution in [0.15, 0.2) is 23.1 Å². The maximum absolute atomic E-state index is 12.5. The molecular weight excluding hydrogens is 270 g/mol. The molecule has 1 saturated heterocycles. The van der Waals surface area contributed by atoms with Crippen LogP contribution in [-0.2, 0) is 10.0 Å². The van der Waals surface area contributed by atoms with Crippen LogP contribution in [-0.4, -0.2) is 43.8 Å². The van der Waals surface area contributed by atoms with E-state index >= 15 is 0 Å². The maximum Gasteiger partial charge on any atom is 0.289 e. The largest absolute Gasteiger partial charge is 0.313 e. The number of hydrogen-bond acceptors (Lipinski definition) is 5. The molecule has 0 bridgehead atoms. The van der Waals surface area contributed by atoms with Crippen LogP contribution in [0.4, 0.5) is 5.69 Å². The zero-order chi connectivity index (χ0) is 14.2. The second-order valence-electron chi connectivity index (χ2n) is 4.51. The predicted molar refractivity (Wildman–Crippen MR) is 69.4 cm³/mol. The molecule has 1 aliphatic heterocycles. The van der Waals surface area contributed by atoms with Gasteiger partial charge in [0.2, 0.25) is 10.0 Å². The van der Waals surface area contributed by atoms with E-state index in [1.54, 1.807) is 13.0 Å². The average molecular weight is 285 g/mol. The number of nitro benzene ring substituents is 1. The highest BCUT2D eigenvalue weighted by Gasteiger charge is 2.36. The van der Waals surface area contributed by atoms with E-state index in [9.17, 15) is 18.5 Å². The van der Waals surface area contributed by atoms with Crippen LogP contribution in [0.2, 0.25) is 0 Å². The number of aryl methyl sites for hydroxylation is 1. The van der Waals surface area contributed by atoms with Gasteiger partial charge in [0, 0.05) is 32.2 Å². The van der Waals surface area contributed by atoms with Gasteiger partial charge in [0.1, 0.15) is 0 Å². The van der Waals surface area contributed by atoms with Gasteiger partial charge in [-0.05, 0) is 12.5 Å². The number of likely N-dealkylation sites (N-methyl/N-ethyl adjacent to an activating group) is 1. The van der Waals surface area contributed by atoms with Crippen LogP contribution in [0, 0.1) is 17.0 Å². The molecule has 0 aromatic heterocycles. The summed E-state index contributed by atoms with van der Waals surface area (Å²) in [5, 5.41) is 14.0. The van der Waals surface area contributed by atoms with Crippen LogP contribution < -0.4 is 5.32 Å². The first-order valence-corrected chi connectivity index (χ1v) is 7.22. The van der Waals surface area contributed by atoms with Crippen molar-refractivity contribution in [3.8, 4) is 0 Å². The molecule has 0 atom stereocenters. The molecule has 1 aromatic rings. The molecule has 1 heterocycles. The maximum atomic E-state index is 12.5. The molecule has 7 nitrogen and oxygen atoms in total. The van der Waals surface area contributed by atoms with Crippen molar-refractivity contribution in [1.29, 1.82) is 0 Å². The Labute approximate surface area is 111 Å². The molecule has 0 amide bonds. The molecule has 1 aromatic carbocycles. The predicted octanol–water partition coefficient (Wildman–Crippen LogP) is 0.496. The summed E-state index contributed by atoms with van der Waals surface area (Å²) in [5.41, 5.74) is 0.00691. The SMILES string of the molecule is Cc1cccc([N+](=O)[O-])c1S(=O)(=O)N(C)C1CNC1. The van der Waals surface area contributed by atoms with Gasteiger partial charge in [-0.1, -0.05) is 12.1 Å². The Kier molecular flexibility index (Phi) is 3.57. The van der Waals surface area contributed by atoms with Gasteiger partial charge < -0.3 is 5.32 Å². The Hall–Kier alpha value is -1.51. The minimum absolute atomic E-state index is 0.149. The normalized spacial score (nSPS) is 16.4. The molecular formula is C11H15N3O4S. The van der Waals surface area contributed by atoms with Crippen molar-refractivity contribution >= 4 is 15.7 Å². The van der Waals surface area contributed by atoms with Gasteiger partial charge in [-0.2, -0.15) is 4.31 Å². The standard InChI is InChI=1S/C11H15N3O4S/c1-8-4-3-5-10(14(15)16)11(8)19(17,18)13(2)9-6-12-7-9/h3-5,9,12H,6-7H2,1-2H3. The van der Waals surface area contributed by atoms with E-state index in [1.807, 2.05) is 0 Å². The zero-order valence-electron chi connectivity index (χ0n) is 10.7. The van der Waals surface area contributed by atoms with E-state index < -0.39 is 14.9 Å². The van der Waals surface area contributed by atoms with Crippen molar-refractivity contribution in [2.24, 2.45) is 0 Å². The molecule has 104 valence electrons. The summed E-state index contributed by atoms with van der Waals surface area (Å²) in [6.45, 7) is 2.69. The number of hydrogen-bond donors (Lipinski definition) is 1. The lowest BCUT2D eigenvalue weighted by Gasteiger charge is -2.34. The lowest BCUT2D eigenvalue weighted by atomic mass is 10.2. The molecule has 0 unspecified atom stereocenters. The molecule has 0 aliphatic carbocycles. The van der Waals surface area contributed by atoms with E-state index in [-0.39, 0.29) is 16.6 Å². The van der Waals surface area contributed by atoms with E-state index in [4.69, 9.17) is 0 Å². The summed E-state index contributed by atoms with van der Waals surface area (Å²) in [5.74, 6) is 0. The molecule has 19 heavy (non-hydrogen) atoms. The molecule has 2 rings (SSSR count). The fraction of sp³-hybridized carbons (Fsp3) is 0.455. The lowest BCUT2D eigenvalue weighted by Crippen LogP contribution is -2.57. The van der Waals surface area contributed by atoms with Crippen molar-refractivity contribution in [2.45, 2.75) is 17.9 Å². The Morgan fingerprint density at radius 1 is 1.42 bits per heavy atom. The zero-order valence-corrected chi connectivity index (χ0v) is 11.5. The Bertz CT molecular complexity index is 610. The summed E-state index contributed by atoms with van der Waals surface area (Å²) < 4.78 is 26.2. The second kappa shape index (κ2) is 4.87. The molecule has 0 radical (unpaired) electrons. The van der Waals surface area contributed by atoms with E-state index in [1.165, 1.54) is 23.5 Å². The van der Waals surface area contributed by atoms with Crippen LogP contribution in [0.3, 0.4) is 0 Å². The summed E-state index contributed by atoms with van der Waals surface area (Å²) in [4.78, 5) is 10.1. The van der Waals surface area contributed by atoms with E-state index in [0.717, 1.165) is 0 Å². The topological polar surface area (TPSA) is 92.5 Å². The third kappa shape index (κ3) is 2.34. The van der Waals surface area contributed by atoms with Gasteiger partial charge in [-0.3, -0.25) is 10.1 Å². The molecule has 1 fully saturated rings. The molecule has 1 aliphatic rings. The van der Waals surface area contributed by atoms with E-state index in [2.05, 4.69) is 5.32 Å². The van der Waals surface area contributed by atoms with Crippen molar-refractivity contribution in [1.82, 2.24) is 9.62 Å². The number of nitrogens with one attached hydrogen (secondary N) is 1. The Morgan fingerprint density at radius 2 is 2.05 bits per heavy atom.